The standard InChI is InChI=1S/C22H15N3OS/c1-14-11-12-18-19(13-14)27-22(24-18)25-20(15-7-3-2-4-8-15)23-17-10-6-5-9-16(17)21(25)26/h2-13H,1H3. The number of rotatable bonds is 2. The predicted octanol–water partition coefficient (Wildman–Crippen LogP) is 4.97. The van der Waals surface area contributed by atoms with Gasteiger partial charge < -0.3 is 0 Å². The topological polar surface area (TPSA) is 47.8 Å². The van der Waals surface area contributed by atoms with E-state index < -0.39 is 0 Å². The van der Waals surface area contributed by atoms with Crippen LogP contribution in [0.5, 0.6) is 0 Å². The maximum absolute atomic E-state index is 13.4. The number of fused-ring (bicyclic) bond motifs is 2. The van der Waals surface area contributed by atoms with Crippen molar-refractivity contribution in [1.29, 1.82) is 0 Å². The van der Waals surface area contributed by atoms with Gasteiger partial charge >= 0.3 is 0 Å². The first-order valence-electron chi connectivity index (χ1n) is 8.65. The molecule has 5 rings (SSSR count). The second-order valence-corrected chi connectivity index (χ2v) is 7.44. The molecule has 0 saturated carbocycles. The first kappa shape index (κ1) is 15.9. The van der Waals surface area contributed by atoms with Crippen LogP contribution in [-0.4, -0.2) is 14.5 Å². The molecule has 0 saturated heterocycles. The number of aryl methyl sites for hydroxylation is 1. The van der Waals surface area contributed by atoms with Gasteiger partial charge in [0.1, 0.15) is 5.82 Å². The molecule has 27 heavy (non-hydrogen) atoms. The molecule has 0 atom stereocenters. The van der Waals surface area contributed by atoms with Crippen molar-refractivity contribution in [2.45, 2.75) is 6.92 Å². The van der Waals surface area contributed by atoms with Crippen molar-refractivity contribution in [3.05, 3.63) is 88.7 Å². The highest BCUT2D eigenvalue weighted by atomic mass is 32.1. The average Bonchev–Trinajstić information content (AvgIpc) is 3.11. The first-order valence-corrected chi connectivity index (χ1v) is 9.47. The van der Waals surface area contributed by atoms with Gasteiger partial charge in [-0.25, -0.2) is 14.5 Å². The Morgan fingerprint density at radius 1 is 0.852 bits per heavy atom. The van der Waals surface area contributed by atoms with Crippen LogP contribution in [-0.2, 0) is 0 Å². The summed E-state index contributed by atoms with van der Waals surface area (Å²) in [5.74, 6) is 0.607. The fourth-order valence-corrected chi connectivity index (χ4v) is 4.27. The number of nitrogens with zero attached hydrogens (tertiary/aromatic N) is 3. The predicted molar refractivity (Wildman–Crippen MR) is 111 cm³/mol. The minimum atomic E-state index is -0.102. The van der Waals surface area contributed by atoms with Gasteiger partial charge in [0.25, 0.3) is 5.56 Å². The van der Waals surface area contributed by atoms with E-state index in [-0.39, 0.29) is 5.56 Å². The molecule has 4 nitrogen and oxygen atoms in total. The van der Waals surface area contributed by atoms with Crippen LogP contribution < -0.4 is 5.56 Å². The highest BCUT2D eigenvalue weighted by Gasteiger charge is 2.17. The molecule has 0 fully saturated rings. The number of hydrogen-bond donors (Lipinski definition) is 0. The van der Waals surface area contributed by atoms with Crippen molar-refractivity contribution < 1.29 is 0 Å². The van der Waals surface area contributed by atoms with Crippen molar-refractivity contribution in [2.24, 2.45) is 0 Å². The van der Waals surface area contributed by atoms with Crippen molar-refractivity contribution in [3.8, 4) is 16.5 Å². The fourth-order valence-electron chi connectivity index (χ4n) is 3.21. The number of hydrogen-bond acceptors (Lipinski definition) is 4. The molecule has 2 heterocycles. The summed E-state index contributed by atoms with van der Waals surface area (Å²) in [5, 5.41) is 1.23. The van der Waals surface area contributed by atoms with Gasteiger partial charge in [0.05, 0.1) is 21.1 Å². The van der Waals surface area contributed by atoms with Gasteiger partial charge in [-0.3, -0.25) is 4.79 Å². The summed E-state index contributed by atoms with van der Waals surface area (Å²) in [4.78, 5) is 22.9. The van der Waals surface area contributed by atoms with Crippen LogP contribution in [0, 0.1) is 6.92 Å². The van der Waals surface area contributed by atoms with Crippen molar-refractivity contribution in [2.75, 3.05) is 0 Å². The molecule has 0 N–H and O–H groups in total. The van der Waals surface area contributed by atoms with Crippen molar-refractivity contribution in [1.82, 2.24) is 14.5 Å². The van der Waals surface area contributed by atoms with Crippen LogP contribution in [0.4, 0.5) is 0 Å². The molecular formula is C22H15N3OS. The van der Waals surface area contributed by atoms with E-state index in [4.69, 9.17) is 9.97 Å². The highest BCUT2D eigenvalue weighted by Crippen LogP contribution is 2.28. The Kier molecular flexibility index (Phi) is 3.62. The molecule has 2 aromatic heterocycles. The Labute approximate surface area is 159 Å². The van der Waals surface area contributed by atoms with Gasteiger partial charge in [-0.1, -0.05) is 59.9 Å². The molecule has 0 bridgehead atoms. The summed E-state index contributed by atoms with van der Waals surface area (Å²) in [5.41, 5.74) is 3.53. The lowest BCUT2D eigenvalue weighted by atomic mass is 10.2. The van der Waals surface area contributed by atoms with E-state index in [9.17, 15) is 4.79 Å². The average molecular weight is 369 g/mol. The largest absolute Gasteiger partial charge is 0.268 e. The van der Waals surface area contributed by atoms with Gasteiger partial charge in [0.2, 0.25) is 0 Å². The molecule has 0 aliphatic rings. The molecule has 0 spiro atoms. The summed E-state index contributed by atoms with van der Waals surface area (Å²) in [6.45, 7) is 2.05. The van der Waals surface area contributed by atoms with Gasteiger partial charge in [-0.2, -0.15) is 0 Å². The van der Waals surface area contributed by atoms with Crippen molar-refractivity contribution in [3.63, 3.8) is 0 Å². The molecule has 5 heteroatoms. The molecule has 0 aliphatic carbocycles. The number of thiazole rings is 1. The maximum Gasteiger partial charge on any atom is 0.268 e. The van der Waals surface area contributed by atoms with Gasteiger partial charge in [0, 0.05) is 5.56 Å². The van der Waals surface area contributed by atoms with Crippen molar-refractivity contribution >= 4 is 32.5 Å². The summed E-state index contributed by atoms with van der Waals surface area (Å²) < 4.78 is 2.70. The number of benzene rings is 3. The lowest BCUT2D eigenvalue weighted by molar-refractivity contribution is 0.965. The number of para-hydroxylation sites is 1. The molecule has 5 aromatic rings. The SMILES string of the molecule is Cc1ccc2nc(-n3c(-c4ccccc4)nc4ccccc4c3=O)sc2c1. The van der Waals surface area contributed by atoms with Gasteiger partial charge in [-0.15, -0.1) is 0 Å². The van der Waals surface area contributed by atoms with Crippen LogP contribution in [0.3, 0.4) is 0 Å². The zero-order valence-corrected chi connectivity index (χ0v) is 15.4. The molecular weight excluding hydrogens is 354 g/mol. The third-order valence-electron chi connectivity index (χ3n) is 4.53. The Morgan fingerprint density at radius 2 is 1.63 bits per heavy atom. The quantitative estimate of drug-likeness (QED) is 0.441. The molecule has 0 amide bonds. The summed E-state index contributed by atoms with van der Waals surface area (Å²) >= 11 is 1.51. The highest BCUT2D eigenvalue weighted by molar-refractivity contribution is 7.20. The second-order valence-electron chi connectivity index (χ2n) is 6.43. The van der Waals surface area contributed by atoms with Crippen LogP contribution in [0.15, 0.2) is 77.6 Å². The molecule has 0 unspecified atom stereocenters. The van der Waals surface area contributed by atoms with E-state index in [0.29, 0.717) is 21.9 Å². The van der Waals surface area contributed by atoms with Gasteiger partial charge in [0.15, 0.2) is 5.13 Å². The summed E-state index contributed by atoms with van der Waals surface area (Å²) in [7, 11) is 0. The summed E-state index contributed by atoms with van der Waals surface area (Å²) in [6, 6.07) is 23.3. The van der Waals surface area contributed by atoms with E-state index in [0.717, 1.165) is 15.8 Å². The Hall–Kier alpha value is -3.31. The van der Waals surface area contributed by atoms with E-state index in [2.05, 4.69) is 13.0 Å². The van der Waals surface area contributed by atoms with Crippen LogP contribution in [0.2, 0.25) is 0 Å². The van der Waals surface area contributed by atoms with E-state index in [1.54, 1.807) is 4.57 Å². The Balaban J connectivity index is 1.88. The van der Waals surface area contributed by atoms with E-state index >= 15 is 0 Å². The van der Waals surface area contributed by atoms with Crippen LogP contribution in [0.25, 0.3) is 37.6 Å². The zero-order valence-electron chi connectivity index (χ0n) is 14.6. The van der Waals surface area contributed by atoms with E-state index in [1.165, 1.54) is 16.9 Å². The fraction of sp³-hybridized carbons (Fsp3) is 0.0455. The third-order valence-corrected chi connectivity index (χ3v) is 5.53. The molecule has 0 radical (unpaired) electrons. The normalized spacial score (nSPS) is 11.3. The minimum absolute atomic E-state index is 0.102. The monoisotopic (exact) mass is 369 g/mol. The minimum Gasteiger partial charge on any atom is -0.268 e. The third kappa shape index (κ3) is 2.64. The van der Waals surface area contributed by atoms with E-state index in [1.807, 2.05) is 66.7 Å². The lowest BCUT2D eigenvalue weighted by Crippen LogP contribution is -2.21. The molecule has 3 aromatic carbocycles. The maximum atomic E-state index is 13.4. The Bertz CT molecular complexity index is 1350. The number of aromatic nitrogens is 3. The van der Waals surface area contributed by atoms with Crippen LogP contribution >= 0.6 is 11.3 Å². The molecule has 0 aliphatic heterocycles. The second kappa shape index (κ2) is 6.14. The lowest BCUT2D eigenvalue weighted by Gasteiger charge is -2.11. The Morgan fingerprint density at radius 3 is 2.48 bits per heavy atom. The first-order chi connectivity index (χ1) is 13.2. The van der Waals surface area contributed by atoms with Crippen LogP contribution in [0.1, 0.15) is 5.56 Å². The summed E-state index contributed by atoms with van der Waals surface area (Å²) in [6.07, 6.45) is 0. The molecule has 130 valence electrons. The smallest absolute Gasteiger partial charge is 0.268 e. The zero-order chi connectivity index (χ0) is 18.4. The van der Waals surface area contributed by atoms with Gasteiger partial charge in [-0.05, 0) is 36.8 Å².